The summed E-state index contributed by atoms with van der Waals surface area (Å²) in [7, 11) is 0. The van der Waals surface area contributed by atoms with Crippen molar-refractivity contribution in [3.63, 3.8) is 0 Å². The van der Waals surface area contributed by atoms with Gasteiger partial charge in [0.25, 0.3) is 0 Å². The maximum atomic E-state index is 10.7. The molecule has 1 saturated carbocycles. The summed E-state index contributed by atoms with van der Waals surface area (Å²) >= 11 is 0. The van der Waals surface area contributed by atoms with E-state index in [9.17, 15) is 5.11 Å². The first-order chi connectivity index (χ1) is 9.87. The molecule has 0 unspecified atom stereocenters. The van der Waals surface area contributed by atoms with Gasteiger partial charge in [-0.15, -0.1) is 5.10 Å². The van der Waals surface area contributed by atoms with Crippen molar-refractivity contribution in [2.45, 2.75) is 52.1 Å². The van der Waals surface area contributed by atoms with Crippen LogP contribution in [0.15, 0.2) is 18.2 Å². The molecule has 0 saturated heterocycles. The van der Waals surface area contributed by atoms with E-state index in [1.165, 1.54) is 0 Å². The topological polar surface area (TPSA) is 62.5 Å². The molecule has 2 heterocycles. The SMILES string of the molecule is Cc1cccc2nc(NCC3(O)CCC(C)(C)CC3)nn12. The molecule has 2 aromatic heterocycles. The van der Waals surface area contributed by atoms with E-state index >= 15 is 0 Å². The second-order valence-electron chi connectivity index (χ2n) is 7.11. The fraction of sp³-hybridized carbons (Fsp3) is 0.625. The molecule has 0 atom stereocenters. The van der Waals surface area contributed by atoms with Crippen molar-refractivity contribution in [2.24, 2.45) is 5.41 Å². The third-order valence-corrected chi connectivity index (χ3v) is 4.66. The van der Waals surface area contributed by atoms with Crippen LogP contribution in [0.5, 0.6) is 0 Å². The van der Waals surface area contributed by atoms with E-state index < -0.39 is 5.60 Å². The molecule has 0 aromatic carbocycles. The van der Waals surface area contributed by atoms with Gasteiger partial charge in [0.1, 0.15) is 0 Å². The molecule has 1 aliphatic carbocycles. The predicted molar refractivity (Wildman–Crippen MR) is 83.4 cm³/mol. The molecule has 2 aromatic rings. The maximum Gasteiger partial charge on any atom is 0.243 e. The highest BCUT2D eigenvalue weighted by Gasteiger charge is 2.36. The average Bonchev–Trinajstić information content (AvgIpc) is 2.86. The molecule has 3 rings (SSSR count). The minimum atomic E-state index is -0.637. The highest BCUT2D eigenvalue weighted by atomic mass is 16.3. The van der Waals surface area contributed by atoms with Crippen LogP contribution in [-0.2, 0) is 0 Å². The molecule has 0 bridgehead atoms. The normalized spacial score (nSPS) is 20.6. The summed E-state index contributed by atoms with van der Waals surface area (Å²) < 4.78 is 1.82. The zero-order chi connectivity index (χ0) is 15.1. The van der Waals surface area contributed by atoms with Gasteiger partial charge < -0.3 is 10.4 Å². The zero-order valence-electron chi connectivity index (χ0n) is 13.1. The summed E-state index contributed by atoms with van der Waals surface area (Å²) in [6, 6.07) is 5.91. The Hall–Kier alpha value is -1.62. The van der Waals surface area contributed by atoms with E-state index in [0.717, 1.165) is 37.0 Å². The first-order valence-corrected chi connectivity index (χ1v) is 7.66. The van der Waals surface area contributed by atoms with Crippen LogP contribution in [0.25, 0.3) is 5.65 Å². The third kappa shape index (κ3) is 3.02. The Bertz CT molecular complexity index is 637. The average molecular weight is 288 g/mol. The monoisotopic (exact) mass is 288 g/mol. The van der Waals surface area contributed by atoms with Gasteiger partial charge in [0.05, 0.1) is 5.60 Å². The van der Waals surface area contributed by atoms with Crippen molar-refractivity contribution in [3.8, 4) is 0 Å². The van der Waals surface area contributed by atoms with Gasteiger partial charge >= 0.3 is 0 Å². The molecular weight excluding hydrogens is 264 g/mol. The zero-order valence-corrected chi connectivity index (χ0v) is 13.1. The van der Waals surface area contributed by atoms with Gasteiger partial charge in [-0.05, 0) is 50.2 Å². The molecule has 0 spiro atoms. The third-order valence-electron chi connectivity index (χ3n) is 4.66. The number of aliphatic hydroxyl groups is 1. The van der Waals surface area contributed by atoms with Gasteiger partial charge in [0.2, 0.25) is 5.95 Å². The van der Waals surface area contributed by atoms with Gasteiger partial charge in [0, 0.05) is 12.2 Å². The second kappa shape index (κ2) is 4.98. The number of fused-ring (bicyclic) bond motifs is 1. The smallest absolute Gasteiger partial charge is 0.243 e. The standard InChI is InChI=1S/C16H24N4O/c1-12-5-4-6-13-18-14(19-20(12)13)17-11-16(21)9-7-15(2,3)8-10-16/h4-6,21H,7-11H2,1-3H3,(H,17,19). The Labute approximate surface area is 125 Å². The van der Waals surface area contributed by atoms with Gasteiger partial charge in [-0.1, -0.05) is 19.9 Å². The highest BCUT2D eigenvalue weighted by Crippen LogP contribution is 2.40. The largest absolute Gasteiger partial charge is 0.388 e. The van der Waals surface area contributed by atoms with Gasteiger partial charge in [0.15, 0.2) is 5.65 Å². The fourth-order valence-corrected chi connectivity index (χ4v) is 2.92. The van der Waals surface area contributed by atoms with Crippen LogP contribution < -0.4 is 5.32 Å². The number of nitrogens with one attached hydrogen (secondary N) is 1. The number of pyridine rings is 1. The van der Waals surface area contributed by atoms with Crippen LogP contribution in [0.2, 0.25) is 0 Å². The molecule has 0 radical (unpaired) electrons. The lowest BCUT2D eigenvalue weighted by atomic mass is 9.71. The fourth-order valence-electron chi connectivity index (χ4n) is 2.92. The van der Waals surface area contributed by atoms with Crippen LogP contribution in [0.1, 0.15) is 45.2 Å². The molecule has 1 fully saturated rings. The van der Waals surface area contributed by atoms with Crippen LogP contribution in [-0.4, -0.2) is 31.9 Å². The first-order valence-electron chi connectivity index (χ1n) is 7.66. The van der Waals surface area contributed by atoms with Gasteiger partial charge in [-0.25, -0.2) is 4.52 Å². The van der Waals surface area contributed by atoms with Crippen molar-refractivity contribution < 1.29 is 5.11 Å². The maximum absolute atomic E-state index is 10.7. The van der Waals surface area contributed by atoms with E-state index in [4.69, 9.17) is 0 Å². The van der Waals surface area contributed by atoms with Gasteiger partial charge in [-0.2, -0.15) is 4.98 Å². The number of hydrogen-bond acceptors (Lipinski definition) is 4. The minimum absolute atomic E-state index is 0.352. The number of anilines is 1. The number of aromatic nitrogens is 3. The Balaban J connectivity index is 1.68. The second-order valence-corrected chi connectivity index (χ2v) is 7.11. The van der Waals surface area contributed by atoms with E-state index in [-0.39, 0.29) is 0 Å². The molecule has 5 nitrogen and oxygen atoms in total. The number of aryl methyl sites for hydroxylation is 1. The number of nitrogens with zero attached hydrogens (tertiary/aromatic N) is 3. The van der Waals surface area contributed by atoms with Crippen LogP contribution >= 0.6 is 0 Å². The summed E-state index contributed by atoms with van der Waals surface area (Å²) in [5.41, 5.74) is 1.59. The van der Waals surface area contributed by atoms with E-state index in [1.807, 2.05) is 29.6 Å². The number of rotatable bonds is 3. The lowest BCUT2D eigenvalue weighted by Crippen LogP contribution is -2.42. The molecular formula is C16H24N4O. The Morgan fingerprint density at radius 1 is 1.24 bits per heavy atom. The lowest BCUT2D eigenvalue weighted by Gasteiger charge is -2.40. The Kier molecular flexibility index (Phi) is 3.40. The van der Waals surface area contributed by atoms with Crippen LogP contribution in [0, 0.1) is 12.3 Å². The first kappa shape index (κ1) is 14.3. The van der Waals surface area contributed by atoms with Gasteiger partial charge in [-0.3, -0.25) is 0 Å². The molecule has 1 aliphatic rings. The van der Waals surface area contributed by atoms with Crippen molar-refractivity contribution in [2.75, 3.05) is 11.9 Å². The van der Waals surface area contributed by atoms with Crippen molar-refractivity contribution >= 4 is 11.6 Å². The summed E-state index contributed by atoms with van der Waals surface area (Å²) in [5.74, 6) is 0.586. The quantitative estimate of drug-likeness (QED) is 0.911. The summed E-state index contributed by atoms with van der Waals surface area (Å²) in [4.78, 5) is 4.45. The van der Waals surface area contributed by atoms with Crippen LogP contribution in [0.3, 0.4) is 0 Å². The molecule has 0 amide bonds. The molecule has 114 valence electrons. The van der Waals surface area contributed by atoms with E-state index in [0.29, 0.717) is 17.9 Å². The molecule has 2 N–H and O–H groups in total. The summed E-state index contributed by atoms with van der Waals surface area (Å²) in [5, 5.41) is 18.3. The summed E-state index contributed by atoms with van der Waals surface area (Å²) in [6.45, 7) is 7.06. The minimum Gasteiger partial charge on any atom is -0.388 e. The van der Waals surface area contributed by atoms with Crippen molar-refractivity contribution in [3.05, 3.63) is 23.9 Å². The molecule has 0 aliphatic heterocycles. The molecule has 5 heteroatoms. The lowest BCUT2D eigenvalue weighted by molar-refractivity contribution is -0.0146. The highest BCUT2D eigenvalue weighted by molar-refractivity contribution is 5.44. The van der Waals surface area contributed by atoms with Crippen molar-refractivity contribution in [1.29, 1.82) is 0 Å². The van der Waals surface area contributed by atoms with Crippen molar-refractivity contribution in [1.82, 2.24) is 14.6 Å². The molecule has 21 heavy (non-hydrogen) atoms. The summed E-state index contributed by atoms with van der Waals surface area (Å²) in [6.07, 6.45) is 3.78. The van der Waals surface area contributed by atoms with E-state index in [1.54, 1.807) is 0 Å². The van der Waals surface area contributed by atoms with Crippen LogP contribution in [0.4, 0.5) is 5.95 Å². The predicted octanol–water partition coefficient (Wildman–Crippen LogP) is 2.78. The van der Waals surface area contributed by atoms with E-state index in [2.05, 4.69) is 29.2 Å². The Morgan fingerprint density at radius 2 is 1.95 bits per heavy atom. The number of hydrogen-bond donors (Lipinski definition) is 2. The Morgan fingerprint density at radius 3 is 2.62 bits per heavy atom.